The lowest BCUT2D eigenvalue weighted by Gasteiger charge is -2.10. The Kier molecular flexibility index (Phi) is 4.71. The molecule has 0 aliphatic carbocycles. The summed E-state index contributed by atoms with van der Waals surface area (Å²) in [7, 11) is 0. The summed E-state index contributed by atoms with van der Waals surface area (Å²) < 4.78 is 19.9. The molecule has 3 rings (SSSR count). The minimum atomic E-state index is -0.361. The lowest BCUT2D eigenvalue weighted by Crippen LogP contribution is -1.96. The first kappa shape index (κ1) is 15.9. The van der Waals surface area contributed by atoms with E-state index >= 15 is 0 Å². The number of ether oxygens (including phenoxy) is 1. The molecule has 0 amide bonds. The van der Waals surface area contributed by atoms with E-state index in [-0.39, 0.29) is 11.6 Å². The zero-order valence-corrected chi connectivity index (χ0v) is 13.3. The number of halogens is 1. The van der Waals surface area contributed by atoms with Crippen LogP contribution < -0.4 is 4.74 Å². The van der Waals surface area contributed by atoms with Crippen LogP contribution in [0.4, 0.5) is 4.39 Å². The van der Waals surface area contributed by atoms with E-state index in [2.05, 4.69) is 0 Å². The molecule has 0 spiro atoms. The monoisotopic (exact) mass is 320 g/mol. The Hall–Kier alpha value is -2.94. The van der Waals surface area contributed by atoms with Gasteiger partial charge in [-0.15, -0.1) is 0 Å². The molecule has 0 bridgehead atoms. The molecule has 0 saturated heterocycles. The smallest absolute Gasteiger partial charge is 0.159 e. The second-order valence-electron chi connectivity index (χ2n) is 5.55. The SMILES string of the molecule is CC(=O)c1ccc(F)c(-c2cccc(OCc3ccccc3)c2)c1. The van der Waals surface area contributed by atoms with Gasteiger partial charge in [0.15, 0.2) is 5.78 Å². The van der Waals surface area contributed by atoms with E-state index in [9.17, 15) is 9.18 Å². The summed E-state index contributed by atoms with van der Waals surface area (Å²) in [5, 5.41) is 0. The van der Waals surface area contributed by atoms with Crippen LogP contribution in [0.3, 0.4) is 0 Å². The van der Waals surface area contributed by atoms with Gasteiger partial charge < -0.3 is 4.74 Å². The van der Waals surface area contributed by atoms with E-state index in [0.717, 1.165) is 5.56 Å². The lowest BCUT2D eigenvalue weighted by atomic mass is 10.0. The van der Waals surface area contributed by atoms with Crippen LogP contribution >= 0.6 is 0 Å². The Labute approximate surface area is 140 Å². The van der Waals surface area contributed by atoms with Gasteiger partial charge in [0, 0.05) is 11.1 Å². The quantitative estimate of drug-likeness (QED) is 0.598. The van der Waals surface area contributed by atoms with Crippen molar-refractivity contribution in [1.82, 2.24) is 0 Å². The number of benzene rings is 3. The van der Waals surface area contributed by atoms with Crippen LogP contribution in [0.15, 0.2) is 72.8 Å². The Morgan fingerprint density at radius 3 is 2.50 bits per heavy atom. The highest BCUT2D eigenvalue weighted by molar-refractivity contribution is 5.95. The van der Waals surface area contributed by atoms with Crippen molar-refractivity contribution in [3.05, 3.63) is 89.7 Å². The maximum absolute atomic E-state index is 14.1. The van der Waals surface area contributed by atoms with E-state index in [1.54, 1.807) is 18.2 Å². The summed E-state index contributed by atoms with van der Waals surface area (Å²) in [4.78, 5) is 11.5. The first-order valence-electron chi connectivity index (χ1n) is 7.71. The van der Waals surface area contributed by atoms with E-state index < -0.39 is 0 Å². The molecular weight excluding hydrogens is 303 g/mol. The summed E-state index contributed by atoms with van der Waals surface area (Å²) in [5.41, 5.74) is 2.63. The van der Waals surface area contributed by atoms with Gasteiger partial charge in [-0.3, -0.25) is 4.79 Å². The van der Waals surface area contributed by atoms with Gasteiger partial charge >= 0.3 is 0 Å². The van der Waals surface area contributed by atoms with Crippen molar-refractivity contribution in [2.45, 2.75) is 13.5 Å². The molecule has 0 aliphatic heterocycles. The molecule has 0 aliphatic rings. The maximum atomic E-state index is 14.1. The Balaban J connectivity index is 1.85. The predicted octanol–water partition coefficient (Wildman–Crippen LogP) is 5.27. The third-order valence-electron chi connectivity index (χ3n) is 3.77. The van der Waals surface area contributed by atoms with Crippen LogP contribution in [0, 0.1) is 5.82 Å². The molecule has 0 saturated carbocycles. The van der Waals surface area contributed by atoms with Crippen molar-refractivity contribution in [2.24, 2.45) is 0 Å². The third-order valence-corrected chi connectivity index (χ3v) is 3.77. The van der Waals surface area contributed by atoms with Crippen LogP contribution in [0.1, 0.15) is 22.8 Å². The second-order valence-corrected chi connectivity index (χ2v) is 5.55. The van der Waals surface area contributed by atoms with E-state index in [1.807, 2.05) is 42.5 Å². The number of hydrogen-bond acceptors (Lipinski definition) is 2. The number of Topliss-reactive ketones (excluding diaryl/α,β-unsaturated/α-hetero) is 1. The average molecular weight is 320 g/mol. The number of ketones is 1. The van der Waals surface area contributed by atoms with Crippen LogP contribution in [0.25, 0.3) is 11.1 Å². The summed E-state index contributed by atoms with van der Waals surface area (Å²) in [6.07, 6.45) is 0. The second kappa shape index (κ2) is 7.09. The van der Waals surface area contributed by atoms with Crippen LogP contribution in [0.5, 0.6) is 5.75 Å². The van der Waals surface area contributed by atoms with E-state index in [4.69, 9.17) is 4.74 Å². The molecule has 0 N–H and O–H groups in total. The molecule has 3 aromatic rings. The largest absolute Gasteiger partial charge is 0.489 e. The zero-order chi connectivity index (χ0) is 16.9. The van der Waals surface area contributed by atoms with E-state index in [1.165, 1.54) is 19.1 Å². The van der Waals surface area contributed by atoms with Gasteiger partial charge in [0.1, 0.15) is 18.2 Å². The number of hydrogen-bond donors (Lipinski definition) is 0. The molecule has 3 aromatic carbocycles. The molecular formula is C21H17FO2. The fraction of sp³-hybridized carbons (Fsp3) is 0.0952. The van der Waals surface area contributed by atoms with Crippen LogP contribution in [-0.4, -0.2) is 5.78 Å². The summed E-state index contributed by atoms with van der Waals surface area (Å²) in [6.45, 7) is 1.91. The van der Waals surface area contributed by atoms with Crippen molar-refractivity contribution < 1.29 is 13.9 Å². The van der Waals surface area contributed by atoms with Gasteiger partial charge in [-0.1, -0.05) is 42.5 Å². The molecule has 2 nitrogen and oxygen atoms in total. The van der Waals surface area contributed by atoms with Gasteiger partial charge in [-0.2, -0.15) is 0 Å². The number of carbonyl (C=O) groups is 1. The molecule has 0 atom stereocenters. The van der Waals surface area contributed by atoms with Gasteiger partial charge in [-0.25, -0.2) is 4.39 Å². The fourth-order valence-electron chi connectivity index (χ4n) is 2.46. The van der Waals surface area contributed by atoms with Crippen LogP contribution in [0.2, 0.25) is 0 Å². The molecule has 120 valence electrons. The normalized spacial score (nSPS) is 10.4. The lowest BCUT2D eigenvalue weighted by molar-refractivity contribution is 0.101. The highest BCUT2D eigenvalue weighted by atomic mass is 19.1. The molecule has 0 fully saturated rings. The number of carbonyl (C=O) groups excluding carboxylic acids is 1. The third kappa shape index (κ3) is 3.69. The minimum Gasteiger partial charge on any atom is -0.489 e. The van der Waals surface area contributed by atoms with E-state index in [0.29, 0.717) is 29.0 Å². The first-order chi connectivity index (χ1) is 11.6. The first-order valence-corrected chi connectivity index (χ1v) is 7.71. The predicted molar refractivity (Wildman–Crippen MR) is 92.6 cm³/mol. The van der Waals surface area contributed by atoms with Crippen molar-refractivity contribution >= 4 is 5.78 Å². The fourth-order valence-corrected chi connectivity index (χ4v) is 2.46. The van der Waals surface area contributed by atoms with Crippen molar-refractivity contribution in [3.8, 4) is 16.9 Å². The molecule has 0 unspecified atom stereocenters. The zero-order valence-electron chi connectivity index (χ0n) is 13.3. The minimum absolute atomic E-state index is 0.0901. The Morgan fingerprint density at radius 1 is 0.958 bits per heavy atom. The summed E-state index contributed by atoms with van der Waals surface area (Å²) in [6, 6.07) is 21.5. The van der Waals surface area contributed by atoms with Crippen molar-refractivity contribution in [1.29, 1.82) is 0 Å². The van der Waals surface area contributed by atoms with Crippen LogP contribution in [-0.2, 0) is 6.61 Å². The number of rotatable bonds is 5. The standard InChI is InChI=1S/C21H17FO2/c1-15(23)17-10-11-21(22)20(13-17)18-8-5-9-19(12-18)24-14-16-6-3-2-4-7-16/h2-13H,14H2,1H3. The Bertz CT molecular complexity index is 857. The van der Waals surface area contributed by atoms with Gasteiger partial charge in [-0.05, 0) is 48.4 Å². The molecule has 3 heteroatoms. The van der Waals surface area contributed by atoms with Crippen molar-refractivity contribution in [2.75, 3.05) is 0 Å². The summed E-state index contributed by atoms with van der Waals surface area (Å²) >= 11 is 0. The van der Waals surface area contributed by atoms with Gasteiger partial charge in [0.2, 0.25) is 0 Å². The maximum Gasteiger partial charge on any atom is 0.159 e. The highest BCUT2D eigenvalue weighted by Gasteiger charge is 2.09. The van der Waals surface area contributed by atoms with Gasteiger partial charge in [0.05, 0.1) is 0 Å². The highest BCUT2D eigenvalue weighted by Crippen LogP contribution is 2.27. The van der Waals surface area contributed by atoms with Crippen molar-refractivity contribution in [3.63, 3.8) is 0 Å². The topological polar surface area (TPSA) is 26.3 Å². The molecule has 0 heterocycles. The molecule has 0 aromatic heterocycles. The molecule has 0 radical (unpaired) electrons. The van der Waals surface area contributed by atoms with Gasteiger partial charge in [0.25, 0.3) is 0 Å². The summed E-state index contributed by atoms with van der Waals surface area (Å²) in [5.74, 6) is 0.205. The average Bonchev–Trinajstić information content (AvgIpc) is 2.61. The Morgan fingerprint density at radius 2 is 1.75 bits per heavy atom. The molecule has 24 heavy (non-hydrogen) atoms.